The Morgan fingerprint density at radius 3 is 2.44 bits per heavy atom. The van der Waals surface area contributed by atoms with Gasteiger partial charge in [0.25, 0.3) is 0 Å². The molecule has 0 aliphatic carbocycles. The molecular formula is C27H38N2O3. The Hall–Kier alpha value is -2.08. The maximum absolute atomic E-state index is 11.1. The zero-order valence-electron chi connectivity index (χ0n) is 19.3. The number of hydrogen-bond donors (Lipinski definition) is 1. The molecule has 2 aliphatic heterocycles. The SMILES string of the molecule is OC1(COc2ccccc2)CCCN(Cc2cccc(OCCCN3CCCCC3)c2)C1. The molecular weight excluding hydrogens is 400 g/mol. The van der Waals surface area contributed by atoms with Crippen LogP contribution in [-0.4, -0.2) is 66.4 Å². The molecule has 4 rings (SSSR count). The summed E-state index contributed by atoms with van der Waals surface area (Å²) < 4.78 is 11.9. The van der Waals surface area contributed by atoms with E-state index in [9.17, 15) is 5.11 Å². The smallest absolute Gasteiger partial charge is 0.119 e. The van der Waals surface area contributed by atoms with Crippen LogP contribution in [0, 0.1) is 0 Å². The number of aliphatic hydroxyl groups is 1. The van der Waals surface area contributed by atoms with E-state index in [2.05, 4.69) is 28.0 Å². The molecule has 1 atom stereocenters. The summed E-state index contributed by atoms with van der Waals surface area (Å²) in [7, 11) is 0. The maximum Gasteiger partial charge on any atom is 0.119 e. The molecule has 0 spiro atoms. The quantitative estimate of drug-likeness (QED) is 0.559. The van der Waals surface area contributed by atoms with Crippen LogP contribution >= 0.6 is 0 Å². The first kappa shape index (κ1) is 23.1. The van der Waals surface area contributed by atoms with Crippen molar-refractivity contribution in [3.63, 3.8) is 0 Å². The number of para-hydroxylation sites is 1. The molecule has 2 aliphatic rings. The summed E-state index contributed by atoms with van der Waals surface area (Å²) in [6.45, 7) is 7.15. The first-order valence-electron chi connectivity index (χ1n) is 12.3. The molecule has 0 saturated carbocycles. The van der Waals surface area contributed by atoms with E-state index < -0.39 is 5.60 Å². The molecule has 2 heterocycles. The number of ether oxygens (including phenoxy) is 2. The highest BCUT2D eigenvalue weighted by Crippen LogP contribution is 2.25. The number of hydrogen-bond acceptors (Lipinski definition) is 5. The highest BCUT2D eigenvalue weighted by molar-refractivity contribution is 5.28. The predicted octanol–water partition coefficient (Wildman–Crippen LogP) is 4.35. The van der Waals surface area contributed by atoms with E-state index in [4.69, 9.17) is 9.47 Å². The second-order valence-electron chi connectivity index (χ2n) is 9.39. The zero-order chi connectivity index (χ0) is 22.1. The Morgan fingerprint density at radius 2 is 1.59 bits per heavy atom. The fourth-order valence-electron chi connectivity index (χ4n) is 4.85. The summed E-state index contributed by atoms with van der Waals surface area (Å²) in [5.41, 5.74) is 0.420. The fraction of sp³-hybridized carbons (Fsp3) is 0.556. The van der Waals surface area contributed by atoms with Gasteiger partial charge in [-0.25, -0.2) is 0 Å². The first-order valence-corrected chi connectivity index (χ1v) is 12.3. The second kappa shape index (κ2) is 11.7. The molecule has 32 heavy (non-hydrogen) atoms. The lowest BCUT2D eigenvalue weighted by atomic mass is 9.93. The lowest BCUT2D eigenvalue weighted by Gasteiger charge is -2.39. The van der Waals surface area contributed by atoms with Gasteiger partial charge in [0.1, 0.15) is 23.7 Å². The van der Waals surface area contributed by atoms with Gasteiger partial charge in [-0.2, -0.15) is 0 Å². The van der Waals surface area contributed by atoms with Gasteiger partial charge in [0.2, 0.25) is 0 Å². The van der Waals surface area contributed by atoms with Crippen molar-refractivity contribution in [3.8, 4) is 11.5 Å². The lowest BCUT2D eigenvalue weighted by Crippen LogP contribution is -2.51. The van der Waals surface area contributed by atoms with Crippen molar-refractivity contribution in [2.45, 2.75) is 50.7 Å². The van der Waals surface area contributed by atoms with Crippen LogP contribution < -0.4 is 9.47 Å². The Labute approximate surface area is 192 Å². The predicted molar refractivity (Wildman–Crippen MR) is 128 cm³/mol. The summed E-state index contributed by atoms with van der Waals surface area (Å²) in [5.74, 6) is 1.75. The van der Waals surface area contributed by atoms with Crippen LogP contribution in [0.3, 0.4) is 0 Å². The minimum Gasteiger partial charge on any atom is -0.494 e. The van der Waals surface area contributed by atoms with E-state index in [0.717, 1.165) is 57.0 Å². The summed E-state index contributed by atoms with van der Waals surface area (Å²) in [4.78, 5) is 4.88. The molecule has 2 saturated heterocycles. The van der Waals surface area contributed by atoms with Gasteiger partial charge in [0.05, 0.1) is 6.61 Å². The minimum atomic E-state index is -0.809. The third-order valence-electron chi connectivity index (χ3n) is 6.53. The molecule has 5 heteroatoms. The van der Waals surface area contributed by atoms with Gasteiger partial charge in [0.15, 0.2) is 0 Å². The lowest BCUT2D eigenvalue weighted by molar-refractivity contribution is -0.0621. The average molecular weight is 439 g/mol. The molecule has 0 aromatic heterocycles. The molecule has 2 aromatic rings. The molecule has 5 nitrogen and oxygen atoms in total. The van der Waals surface area contributed by atoms with Crippen molar-refractivity contribution in [3.05, 3.63) is 60.2 Å². The molecule has 0 amide bonds. The largest absolute Gasteiger partial charge is 0.494 e. The normalized spacial score (nSPS) is 22.5. The van der Waals surface area contributed by atoms with Gasteiger partial charge < -0.3 is 19.5 Å². The van der Waals surface area contributed by atoms with Crippen molar-refractivity contribution in [1.82, 2.24) is 9.80 Å². The first-order chi connectivity index (χ1) is 15.7. The van der Waals surface area contributed by atoms with Crippen LogP contribution in [0.15, 0.2) is 54.6 Å². The van der Waals surface area contributed by atoms with E-state index in [0.29, 0.717) is 13.2 Å². The van der Waals surface area contributed by atoms with Crippen molar-refractivity contribution in [2.75, 3.05) is 45.9 Å². The highest BCUT2D eigenvalue weighted by atomic mass is 16.5. The van der Waals surface area contributed by atoms with E-state index >= 15 is 0 Å². The van der Waals surface area contributed by atoms with Crippen molar-refractivity contribution in [1.29, 1.82) is 0 Å². The number of β-amino-alcohol motifs (C(OH)–C–C–N with tert-alkyl or cyclic N) is 1. The minimum absolute atomic E-state index is 0.327. The van der Waals surface area contributed by atoms with E-state index in [1.54, 1.807) is 0 Å². The molecule has 1 N–H and O–H groups in total. The number of piperidine rings is 2. The Kier molecular flexibility index (Phi) is 8.43. The summed E-state index contributed by atoms with van der Waals surface area (Å²) in [5, 5.41) is 11.1. The van der Waals surface area contributed by atoms with Crippen LogP contribution in [0.25, 0.3) is 0 Å². The van der Waals surface area contributed by atoms with Gasteiger partial charge in [0, 0.05) is 19.6 Å². The Bertz CT molecular complexity index is 810. The number of likely N-dealkylation sites (tertiary alicyclic amines) is 2. The van der Waals surface area contributed by atoms with Crippen molar-refractivity contribution < 1.29 is 14.6 Å². The Morgan fingerprint density at radius 1 is 0.812 bits per heavy atom. The third kappa shape index (κ3) is 7.22. The fourth-order valence-corrected chi connectivity index (χ4v) is 4.85. The summed E-state index contributed by atoms with van der Waals surface area (Å²) in [6.07, 6.45) is 6.89. The topological polar surface area (TPSA) is 45.2 Å². The highest BCUT2D eigenvalue weighted by Gasteiger charge is 2.34. The van der Waals surface area contributed by atoms with Gasteiger partial charge in [-0.15, -0.1) is 0 Å². The van der Waals surface area contributed by atoms with Crippen LogP contribution in [-0.2, 0) is 6.54 Å². The number of nitrogens with zero attached hydrogens (tertiary/aromatic N) is 2. The van der Waals surface area contributed by atoms with Gasteiger partial charge in [-0.05, 0) is 81.6 Å². The third-order valence-corrected chi connectivity index (χ3v) is 6.53. The average Bonchev–Trinajstić information content (AvgIpc) is 2.82. The van der Waals surface area contributed by atoms with Crippen LogP contribution in [0.5, 0.6) is 11.5 Å². The Balaban J connectivity index is 1.22. The van der Waals surface area contributed by atoms with Gasteiger partial charge in [-0.1, -0.05) is 36.8 Å². The van der Waals surface area contributed by atoms with Crippen LogP contribution in [0.1, 0.15) is 44.1 Å². The number of benzene rings is 2. The van der Waals surface area contributed by atoms with Crippen LogP contribution in [0.2, 0.25) is 0 Å². The number of rotatable bonds is 10. The van der Waals surface area contributed by atoms with E-state index in [-0.39, 0.29) is 0 Å². The molecule has 1 unspecified atom stereocenters. The van der Waals surface area contributed by atoms with Crippen molar-refractivity contribution >= 4 is 0 Å². The molecule has 174 valence electrons. The van der Waals surface area contributed by atoms with E-state index in [1.165, 1.54) is 37.9 Å². The standard InChI is InChI=1S/C27H38N2O3/c30-27(23-32-25-11-3-1-4-12-25)14-8-17-29(22-27)21-24-10-7-13-26(20-24)31-19-9-18-28-15-5-2-6-16-28/h1,3-4,7,10-13,20,30H,2,5-6,8-9,14-19,21-23H2. The molecule has 0 bridgehead atoms. The summed E-state index contributed by atoms with van der Waals surface area (Å²) >= 11 is 0. The van der Waals surface area contributed by atoms with E-state index in [1.807, 2.05) is 36.4 Å². The molecule has 0 radical (unpaired) electrons. The molecule has 2 aromatic carbocycles. The van der Waals surface area contributed by atoms with Crippen LogP contribution in [0.4, 0.5) is 0 Å². The van der Waals surface area contributed by atoms with Gasteiger partial charge in [-0.3, -0.25) is 4.90 Å². The summed E-state index contributed by atoms with van der Waals surface area (Å²) in [6, 6.07) is 18.2. The maximum atomic E-state index is 11.1. The monoisotopic (exact) mass is 438 g/mol. The van der Waals surface area contributed by atoms with Gasteiger partial charge >= 0.3 is 0 Å². The second-order valence-corrected chi connectivity index (χ2v) is 9.39. The van der Waals surface area contributed by atoms with Crippen molar-refractivity contribution in [2.24, 2.45) is 0 Å². The molecule has 2 fully saturated rings. The zero-order valence-corrected chi connectivity index (χ0v) is 19.3.